The molecule has 0 aliphatic heterocycles. The summed E-state index contributed by atoms with van der Waals surface area (Å²) in [6, 6.07) is 4.50. The second-order valence-corrected chi connectivity index (χ2v) is 3.65. The van der Waals surface area contributed by atoms with Crippen molar-refractivity contribution in [1.29, 1.82) is 0 Å². The number of hydrogen-bond donors (Lipinski definition) is 1. The largest absolute Gasteiger partial charge is 0.368 e. The minimum atomic E-state index is -0.333. The smallest absolute Gasteiger partial charge is 0.223 e. The van der Waals surface area contributed by atoms with Gasteiger partial charge in [-0.2, -0.15) is 4.98 Å². The lowest BCUT2D eigenvalue weighted by Gasteiger charge is -2.01. The van der Waals surface area contributed by atoms with Crippen LogP contribution in [-0.2, 0) is 0 Å². The Morgan fingerprint density at radius 3 is 2.73 bits per heavy atom. The number of hydrogen-bond acceptors (Lipinski definition) is 4. The molecular weight excluding hydrogens is 263 g/mol. The van der Waals surface area contributed by atoms with E-state index in [-0.39, 0.29) is 11.8 Å². The first-order chi connectivity index (χ1) is 7.16. The predicted molar refractivity (Wildman–Crippen MR) is 57.3 cm³/mol. The van der Waals surface area contributed by atoms with Crippen LogP contribution in [0.2, 0.25) is 0 Å². The molecule has 0 aliphatic carbocycles. The summed E-state index contributed by atoms with van der Waals surface area (Å²) >= 11 is 3.08. The molecule has 0 aliphatic rings. The van der Waals surface area contributed by atoms with Crippen molar-refractivity contribution in [2.45, 2.75) is 0 Å². The second-order valence-electron chi connectivity index (χ2n) is 2.80. The molecule has 2 rings (SSSR count). The van der Waals surface area contributed by atoms with Crippen molar-refractivity contribution in [1.82, 2.24) is 15.0 Å². The molecule has 0 radical (unpaired) electrons. The quantitative estimate of drug-likeness (QED) is 0.860. The highest BCUT2D eigenvalue weighted by Crippen LogP contribution is 2.22. The van der Waals surface area contributed by atoms with E-state index in [1.54, 1.807) is 12.1 Å². The molecule has 1 aromatic heterocycles. The van der Waals surface area contributed by atoms with E-state index in [0.717, 1.165) is 0 Å². The summed E-state index contributed by atoms with van der Waals surface area (Å²) in [7, 11) is 0. The Morgan fingerprint density at radius 2 is 2.07 bits per heavy atom. The molecule has 2 aromatic rings. The van der Waals surface area contributed by atoms with E-state index in [2.05, 4.69) is 30.9 Å². The summed E-state index contributed by atoms with van der Waals surface area (Å²) in [6.07, 6.45) is 1.31. The third-order valence-electron chi connectivity index (χ3n) is 1.77. The number of nitrogens with zero attached hydrogens (tertiary/aromatic N) is 3. The van der Waals surface area contributed by atoms with Gasteiger partial charge in [0.2, 0.25) is 5.95 Å². The van der Waals surface area contributed by atoms with E-state index in [1.165, 1.54) is 12.4 Å². The Hall–Kier alpha value is -1.56. The Labute approximate surface area is 93.5 Å². The van der Waals surface area contributed by atoms with Crippen molar-refractivity contribution in [2.24, 2.45) is 0 Å². The fourth-order valence-electron chi connectivity index (χ4n) is 1.08. The van der Waals surface area contributed by atoms with Gasteiger partial charge in [0.05, 0.1) is 4.47 Å². The predicted octanol–water partition coefficient (Wildman–Crippen LogP) is 2.02. The average molecular weight is 269 g/mol. The van der Waals surface area contributed by atoms with E-state index < -0.39 is 0 Å². The van der Waals surface area contributed by atoms with Crippen LogP contribution in [0.4, 0.5) is 10.3 Å². The molecule has 0 fully saturated rings. The number of rotatable bonds is 1. The molecule has 15 heavy (non-hydrogen) atoms. The van der Waals surface area contributed by atoms with Crippen LogP contribution >= 0.6 is 15.9 Å². The maximum atomic E-state index is 13.0. The maximum Gasteiger partial charge on any atom is 0.223 e. The lowest BCUT2D eigenvalue weighted by atomic mass is 10.2. The van der Waals surface area contributed by atoms with Crippen LogP contribution in [0, 0.1) is 5.82 Å². The van der Waals surface area contributed by atoms with Gasteiger partial charge in [0.15, 0.2) is 5.82 Å². The van der Waals surface area contributed by atoms with Crippen LogP contribution in [0.1, 0.15) is 0 Å². The van der Waals surface area contributed by atoms with Crippen LogP contribution in [-0.4, -0.2) is 15.0 Å². The van der Waals surface area contributed by atoms with Crippen molar-refractivity contribution in [2.75, 3.05) is 5.73 Å². The maximum absolute atomic E-state index is 13.0. The number of halogens is 2. The molecule has 4 nitrogen and oxygen atoms in total. The van der Waals surface area contributed by atoms with Gasteiger partial charge in [-0.25, -0.2) is 14.4 Å². The Kier molecular flexibility index (Phi) is 2.59. The summed E-state index contributed by atoms with van der Waals surface area (Å²) < 4.78 is 13.3. The highest BCUT2D eigenvalue weighted by molar-refractivity contribution is 9.10. The van der Waals surface area contributed by atoms with Crippen LogP contribution in [0.5, 0.6) is 0 Å². The Balaban J connectivity index is 2.50. The first-order valence-electron chi connectivity index (χ1n) is 4.07. The van der Waals surface area contributed by atoms with Crippen LogP contribution in [0.15, 0.2) is 29.0 Å². The van der Waals surface area contributed by atoms with Crippen molar-refractivity contribution in [3.05, 3.63) is 34.8 Å². The number of anilines is 1. The standard InChI is InChI=1S/C9H6BrFN4/c10-6-3-5(1-2-7(6)11)8-13-4-14-9(12)15-8/h1-4H,(H2,12,13,14,15). The summed E-state index contributed by atoms with van der Waals surface area (Å²) in [6.45, 7) is 0. The lowest BCUT2D eigenvalue weighted by Crippen LogP contribution is -1.98. The first kappa shape index (κ1) is 9.97. The minimum absolute atomic E-state index is 0.139. The SMILES string of the molecule is Nc1ncnc(-c2ccc(F)c(Br)c2)n1. The van der Waals surface area contributed by atoms with Gasteiger partial charge in [0.1, 0.15) is 12.1 Å². The monoisotopic (exact) mass is 268 g/mol. The molecule has 0 atom stereocenters. The molecule has 0 amide bonds. The Bertz CT molecular complexity index is 503. The summed E-state index contributed by atoms with van der Waals surface area (Å²) in [5.74, 6) is 0.226. The molecular formula is C9H6BrFN4. The van der Waals surface area contributed by atoms with Crippen molar-refractivity contribution < 1.29 is 4.39 Å². The van der Waals surface area contributed by atoms with E-state index in [0.29, 0.717) is 15.9 Å². The number of nitrogens with two attached hydrogens (primary N) is 1. The summed E-state index contributed by atoms with van der Waals surface area (Å²) in [5.41, 5.74) is 6.09. The van der Waals surface area contributed by atoms with Crippen LogP contribution in [0.3, 0.4) is 0 Å². The number of benzene rings is 1. The van der Waals surface area contributed by atoms with Crippen molar-refractivity contribution in [3.63, 3.8) is 0 Å². The highest BCUT2D eigenvalue weighted by atomic mass is 79.9. The van der Waals surface area contributed by atoms with Gasteiger partial charge >= 0.3 is 0 Å². The fourth-order valence-corrected chi connectivity index (χ4v) is 1.46. The first-order valence-corrected chi connectivity index (χ1v) is 4.86. The molecule has 0 unspecified atom stereocenters. The lowest BCUT2D eigenvalue weighted by molar-refractivity contribution is 0.621. The van der Waals surface area contributed by atoms with Gasteiger partial charge in [-0.05, 0) is 34.1 Å². The zero-order valence-corrected chi connectivity index (χ0v) is 9.07. The number of aromatic nitrogens is 3. The van der Waals surface area contributed by atoms with Gasteiger partial charge in [0, 0.05) is 5.56 Å². The van der Waals surface area contributed by atoms with Gasteiger partial charge in [-0.1, -0.05) is 0 Å². The summed E-state index contributed by atoms with van der Waals surface area (Å²) in [5, 5.41) is 0. The molecule has 0 saturated heterocycles. The second kappa shape index (κ2) is 3.90. The van der Waals surface area contributed by atoms with Crippen LogP contribution in [0.25, 0.3) is 11.4 Å². The van der Waals surface area contributed by atoms with E-state index in [4.69, 9.17) is 5.73 Å². The van der Waals surface area contributed by atoms with Gasteiger partial charge in [-0.3, -0.25) is 0 Å². The topological polar surface area (TPSA) is 64.7 Å². The molecule has 0 saturated carbocycles. The zero-order chi connectivity index (χ0) is 10.8. The van der Waals surface area contributed by atoms with E-state index >= 15 is 0 Å². The fraction of sp³-hybridized carbons (Fsp3) is 0. The summed E-state index contributed by atoms with van der Waals surface area (Å²) in [4.78, 5) is 11.5. The van der Waals surface area contributed by atoms with E-state index in [1.807, 2.05) is 0 Å². The highest BCUT2D eigenvalue weighted by Gasteiger charge is 2.05. The zero-order valence-electron chi connectivity index (χ0n) is 7.48. The molecule has 6 heteroatoms. The molecule has 2 N–H and O–H groups in total. The van der Waals surface area contributed by atoms with Crippen molar-refractivity contribution in [3.8, 4) is 11.4 Å². The van der Waals surface area contributed by atoms with Gasteiger partial charge in [0.25, 0.3) is 0 Å². The normalized spacial score (nSPS) is 10.3. The Morgan fingerprint density at radius 1 is 1.27 bits per heavy atom. The van der Waals surface area contributed by atoms with E-state index in [9.17, 15) is 4.39 Å². The molecule has 0 bridgehead atoms. The van der Waals surface area contributed by atoms with Gasteiger partial charge in [-0.15, -0.1) is 0 Å². The van der Waals surface area contributed by atoms with Crippen molar-refractivity contribution >= 4 is 21.9 Å². The third-order valence-corrected chi connectivity index (χ3v) is 2.38. The average Bonchev–Trinajstić information content (AvgIpc) is 2.22. The third kappa shape index (κ3) is 2.10. The van der Waals surface area contributed by atoms with Gasteiger partial charge < -0.3 is 5.73 Å². The number of nitrogen functional groups attached to an aromatic ring is 1. The molecule has 0 spiro atoms. The molecule has 1 heterocycles. The molecule has 1 aromatic carbocycles. The van der Waals surface area contributed by atoms with Crippen LogP contribution < -0.4 is 5.73 Å². The molecule has 76 valence electrons. The minimum Gasteiger partial charge on any atom is -0.368 e.